The Balaban J connectivity index is 1.43. The molecule has 1 aliphatic rings. The monoisotopic (exact) mass is 470 g/mol. The predicted octanol–water partition coefficient (Wildman–Crippen LogP) is 4.73. The van der Waals surface area contributed by atoms with Gasteiger partial charge in [-0.25, -0.2) is 31.0 Å². The molecule has 2 heterocycles. The van der Waals surface area contributed by atoms with E-state index in [2.05, 4.69) is 4.98 Å². The zero-order valence-corrected chi connectivity index (χ0v) is 17.8. The Hall–Kier alpha value is -2.46. The van der Waals surface area contributed by atoms with Crippen LogP contribution >= 0.6 is 11.3 Å². The highest BCUT2D eigenvalue weighted by molar-refractivity contribution is 7.92. The molecule has 0 spiro atoms. The van der Waals surface area contributed by atoms with Gasteiger partial charge in [0.05, 0.1) is 10.9 Å². The topological polar surface area (TPSA) is 50.3 Å². The highest BCUT2D eigenvalue weighted by Gasteiger charge is 2.35. The quantitative estimate of drug-likeness (QED) is 0.506. The number of rotatable bonds is 5. The molecule has 0 radical (unpaired) electrons. The second-order valence-corrected chi connectivity index (χ2v) is 10.3. The molecule has 1 aromatic heterocycles. The fourth-order valence-corrected chi connectivity index (χ4v) is 6.38. The summed E-state index contributed by atoms with van der Waals surface area (Å²) in [6, 6.07) is 6.71. The highest BCUT2D eigenvalue weighted by atomic mass is 32.2. The van der Waals surface area contributed by atoms with Crippen molar-refractivity contribution in [1.82, 2.24) is 4.98 Å². The number of sulfone groups is 1. The number of anilines is 1. The summed E-state index contributed by atoms with van der Waals surface area (Å²) in [7, 11) is -4.13. The van der Waals surface area contributed by atoms with Crippen molar-refractivity contribution in [3.8, 4) is 0 Å². The van der Waals surface area contributed by atoms with Crippen molar-refractivity contribution in [3.63, 3.8) is 0 Å². The van der Waals surface area contributed by atoms with Crippen molar-refractivity contribution in [1.29, 1.82) is 0 Å². The Morgan fingerprint density at radius 1 is 0.968 bits per heavy atom. The molecule has 0 N–H and O–H groups in total. The van der Waals surface area contributed by atoms with Crippen LogP contribution in [0.2, 0.25) is 0 Å². The first-order valence-corrected chi connectivity index (χ1v) is 12.0. The van der Waals surface area contributed by atoms with Crippen LogP contribution in [0.5, 0.6) is 0 Å². The predicted molar refractivity (Wildman–Crippen MR) is 110 cm³/mol. The molecule has 0 saturated carbocycles. The summed E-state index contributed by atoms with van der Waals surface area (Å²) < 4.78 is 80.0. The number of nitrogens with zero attached hydrogens (tertiary/aromatic N) is 2. The average Bonchev–Trinajstić information content (AvgIpc) is 3.19. The van der Waals surface area contributed by atoms with Crippen LogP contribution < -0.4 is 4.90 Å². The van der Waals surface area contributed by atoms with E-state index in [4.69, 9.17) is 0 Å². The minimum absolute atomic E-state index is 0.216. The second-order valence-electron chi connectivity index (χ2n) is 7.33. The van der Waals surface area contributed by atoms with Gasteiger partial charge in [-0.3, -0.25) is 0 Å². The van der Waals surface area contributed by atoms with E-state index in [9.17, 15) is 26.0 Å². The number of piperidine rings is 1. The molecule has 1 fully saturated rings. The van der Waals surface area contributed by atoms with Crippen LogP contribution in [0.3, 0.4) is 0 Å². The van der Waals surface area contributed by atoms with Gasteiger partial charge in [0.2, 0.25) is 0 Å². The van der Waals surface area contributed by atoms with Gasteiger partial charge in [-0.15, -0.1) is 11.3 Å². The third-order valence-corrected chi connectivity index (χ3v) is 8.52. The van der Waals surface area contributed by atoms with Gasteiger partial charge in [-0.05, 0) is 42.7 Å². The standard InChI is InChI=1S/C21H18F4N2O2S2/c22-16-5-4-13(11-19(16)25)10-14-12-30-21(26-14)27-8-6-15(7-9-27)31(28,29)20-17(23)2-1-3-18(20)24/h1-5,11-12,15H,6-10H2. The van der Waals surface area contributed by atoms with Crippen molar-refractivity contribution in [2.75, 3.05) is 18.0 Å². The zero-order chi connectivity index (χ0) is 22.2. The fraction of sp³-hybridized carbons (Fsp3) is 0.286. The minimum atomic E-state index is -4.13. The van der Waals surface area contributed by atoms with Crippen LogP contribution in [-0.2, 0) is 16.3 Å². The number of hydrogen-bond donors (Lipinski definition) is 0. The molecule has 4 rings (SSSR count). The first-order chi connectivity index (χ1) is 14.8. The maximum absolute atomic E-state index is 14.0. The van der Waals surface area contributed by atoms with E-state index in [1.165, 1.54) is 17.4 Å². The van der Waals surface area contributed by atoms with Crippen molar-refractivity contribution < 1.29 is 26.0 Å². The van der Waals surface area contributed by atoms with Gasteiger partial charge in [0.25, 0.3) is 0 Å². The van der Waals surface area contributed by atoms with E-state index in [0.29, 0.717) is 35.9 Å². The lowest BCUT2D eigenvalue weighted by molar-refractivity contribution is 0.497. The maximum atomic E-state index is 14.0. The van der Waals surface area contributed by atoms with Crippen LogP contribution in [-0.4, -0.2) is 31.7 Å². The van der Waals surface area contributed by atoms with Gasteiger partial charge in [-0.1, -0.05) is 12.1 Å². The van der Waals surface area contributed by atoms with Crippen LogP contribution in [0.4, 0.5) is 22.7 Å². The number of thiazole rings is 1. The lowest BCUT2D eigenvalue weighted by Gasteiger charge is -2.31. The molecule has 0 amide bonds. The molecule has 1 aliphatic heterocycles. The second kappa shape index (κ2) is 8.58. The molecule has 31 heavy (non-hydrogen) atoms. The SMILES string of the molecule is O=S(=O)(c1c(F)cccc1F)C1CCN(c2nc(Cc3ccc(F)c(F)c3)cs2)CC1. The van der Waals surface area contributed by atoms with E-state index >= 15 is 0 Å². The number of halogens is 4. The average molecular weight is 471 g/mol. The Bertz CT molecular complexity index is 1190. The van der Waals surface area contributed by atoms with Crippen molar-refractivity contribution >= 4 is 26.3 Å². The maximum Gasteiger partial charge on any atom is 0.187 e. The van der Waals surface area contributed by atoms with E-state index in [0.717, 1.165) is 30.3 Å². The molecule has 164 valence electrons. The summed E-state index contributed by atoms with van der Waals surface area (Å²) in [6.07, 6.45) is 0.771. The largest absolute Gasteiger partial charge is 0.348 e. The summed E-state index contributed by atoms with van der Waals surface area (Å²) in [4.78, 5) is 5.57. The molecule has 0 atom stereocenters. The Kier molecular flexibility index (Phi) is 6.02. The molecule has 0 aliphatic carbocycles. The minimum Gasteiger partial charge on any atom is -0.348 e. The van der Waals surface area contributed by atoms with Gasteiger partial charge in [0.15, 0.2) is 26.6 Å². The summed E-state index contributed by atoms with van der Waals surface area (Å²) in [6.45, 7) is 0.746. The summed E-state index contributed by atoms with van der Waals surface area (Å²) in [5, 5.41) is 1.62. The van der Waals surface area contributed by atoms with Crippen LogP contribution in [0.15, 0.2) is 46.7 Å². The van der Waals surface area contributed by atoms with E-state index in [-0.39, 0.29) is 12.8 Å². The van der Waals surface area contributed by atoms with Crippen molar-refractivity contribution in [2.45, 2.75) is 29.4 Å². The number of hydrogen-bond acceptors (Lipinski definition) is 5. The molecule has 4 nitrogen and oxygen atoms in total. The van der Waals surface area contributed by atoms with Gasteiger partial charge in [-0.2, -0.15) is 0 Å². The number of aromatic nitrogens is 1. The summed E-state index contributed by atoms with van der Waals surface area (Å²) >= 11 is 1.37. The lowest BCUT2D eigenvalue weighted by atomic mass is 10.1. The van der Waals surface area contributed by atoms with Gasteiger partial charge in [0.1, 0.15) is 16.5 Å². The zero-order valence-electron chi connectivity index (χ0n) is 16.2. The van der Waals surface area contributed by atoms with E-state index in [1.807, 2.05) is 10.3 Å². The van der Waals surface area contributed by atoms with E-state index in [1.54, 1.807) is 0 Å². The molecular formula is C21H18F4N2O2S2. The van der Waals surface area contributed by atoms with Gasteiger partial charge >= 0.3 is 0 Å². The molecule has 10 heteroatoms. The fourth-order valence-electron chi connectivity index (χ4n) is 3.66. The Morgan fingerprint density at radius 2 is 1.65 bits per heavy atom. The third kappa shape index (κ3) is 4.45. The summed E-state index contributed by atoms with van der Waals surface area (Å²) in [5.74, 6) is -3.98. The van der Waals surface area contributed by atoms with Crippen molar-refractivity contribution in [2.24, 2.45) is 0 Å². The smallest absolute Gasteiger partial charge is 0.187 e. The first kappa shape index (κ1) is 21.8. The molecule has 0 bridgehead atoms. The molecular weight excluding hydrogens is 452 g/mol. The first-order valence-electron chi connectivity index (χ1n) is 9.57. The van der Waals surface area contributed by atoms with Crippen LogP contribution in [0.1, 0.15) is 24.1 Å². The molecule has 2 aromatic carbocycles. The molecule has 1 saturated heterocycles. The number of benzene rings is 2. The summed E-state index contributed by atoms with van der Waals surface area (Å²) in [5.41, 5.74) is 1.28. The van der Waals surface area contributed by atoms with Crippen LogP contribution in [0.25, 0.3) is 0 Å². The third-order valence-electron chi connectivity index (χ3n) is 5.26. The van der Waals surface area contributed by atoms with Crippen LogP contribution in [0, 0.1) is 23.3 Å². The van der Waals surface area contributed by atoms with E-state index < -0.39 is 43.3 Å². The Labute approximate surface area is 181 Å². The molecule has 3 aromatic rings. The normalized spacial score (nSPS) is 15.4. The Morgan fingerprint density at radius 3 is 2.29 bits per heavy atom. The lowest BCUT2D eigenvalue weighted by Crippen LogP contribution is -2.39. The molecule has 0 unspecified atom stereocenters. The van der Waals surface area contributed by atoms with Gasteiger partial charge in [0, 0.05) is 24.9 Å². The van der Waals surface area contributed by atoms with Crippen molar-refractivity contribution in [3.05, 3.63) is 76.3 Å². The highest BCUT2D eigenvalue weighted by Crippen LogP contribution is 2.31. The van der Waals surface area contributed by atoms with Gasteiger partial charge < -0.3 is 4.90 Å².